The molecule has 0 amide bonds. The standard InChI is InChI=1S/C12H18O3/c1-11(2)9-4-5-12(11,3)10(14)8(9)6-15-7-13/h7-9H,4-6H2,1-3H3/t8-,9-,12-/m1/s1. The van der Waals surface area contributed by atoms with Gasteiger partial charge in [-0.1, -0.05) is 20.8 Å². The van der Waals surface area contributed by atoms with E-state index in [0.717, 1.165) is 12.8 Å². The van der Waals surface area contributed by atoms with Crippen LogP contribution >= 0.6 is 0 Å². The number of hydrogen-bond donors (Lipinski definition) is 0. The third kappa shape index (κ3) is 1.12. The van der Waals surface area contributed by atoms with Crippen molar-refractivity contribution in [1.29, 1.82) is 0 Å². The second-order valence-electron chi connectivity index (χ2n) is 5.60. The summed E-state index contributed by atoms with van der Waals surface area (Å²) in [6.07, 6.45) is 2.07. The molecular weight excluding hydrogens is 192 g/mol. The maximum absolute atomic E-state index is 12.2. The third-order valence-corrected chi connectivity index (χ3v) is 5.01. The molecule has 3 nitrogen and oxygen atoms in total. The lowest BCUT2D eigenvalue weighted by molar-refractivity contribution is -0.137. The first-order valence-electron chi connectivity index (χ1n) is 5.54. The zero-order valence-corrected chi connectivity index (χ0v) is 9.58. The Balaban J connectivity index is 2.26. The molecule has 0 aliphatic heterocycles. The molecule has 0 saturated heterocycles. The van der Waals surface area contributed by atoms with Crippen LogP contribution in [0.15, 0.2) is 0 Å². The van der Waals surface area contributed by atoms with E-state index < -0.39 is 0 Å². The van der Waals surface area contributed by atoms with E-state index in [-0.39, 0.29) is 23.4 Å². The van der Waals surface area contributed by atoms with Gasteiger partial charge < -0.3 is 4.74 Å². The van der Waals surface area contributed by atoms with Crippen molar-refractivity contribution in [2.75, 3.05) is 6.61 Å². The molecule has 2 rings (SSSR count). The fraction of sp³-hybridized carbons (Fsp3) is 0.833. The summed E-state index contributed by atoms with van der Waals surface area (Å²) in [6, 6.07) is 0. The summed E-state index contributed by atoms with van der Waals surface area (Å²) in [7, 11) is 0. The van der Waals surface area contributed by atoms with Gasteiger partial charge in [0.2, 0.25) is 0 Å². The van der Waals surface area contributed by atoms with Gasteiger partial charge in [-0.3, -0.25) is 9.59 Å². The Kier molecular flexibility index (Phi) is 2.18. The van der Waals surface area contributed by atoms with Gasteiger partial charge in [-0.25, -0.2) is 0 Å². The van der Waals surface area contributed by atoms with Gasteiger partial charge in [-0.05, 0) is 24.2 Å². The predicted molar refractivity (Wildman–Crippen MR) is 55.1 cm³/mol. The molecule has 0 heterocycles. The second kappa shape index (κ2) is 3.06. The van der Waals surface area contributed by atoms with Crippen molar-refractivity contribution in [3.8, 4) is 0 Å². The van der Waals surface area contributed by atoms with Gasteiger partial charge in [0.25, 0.3) is 6.47 Å². The van der Waals surface area contributed by atoms with Crippen LogP contribution in [0.2, 0.25) is 0 Å². The largest absolute Gasteiger partial charge is 0.467 e. The summed E-state index contributed by atoms with van der Waals surface area (Å²) < 4.78 is 4.78. The van der Waals surface area contributed by atoms with Crippen LogP contribution in [-0.2, 0) is 14.3 Å². The summed E-state index contributed by atoms with van der Waals surface area (Å²) in [6.45, 7) is 7.11. The first-order chi connectivity index (χ1) is 6.95. The van der Waals surface area contributed by atoms with Crippen LogP contribution in [0.1, 0.15) is 33.6 Å². The molecule has 2 bridgehead atoms. The molecule has 15 heavy (non-hydrogen) atoms. The van der Waals surface area contributed by atoms with Crippen molar-refractivity contribution in [2.24, 2.45) is 22.7 Å². The van der Waals surface area contributed by atoms with Gasteiger partial charge >= 0.3 is 0 Å². The van der Waals surface area contributed by atoms with Crippen LogP contribution in [0.3, 0.4) is 0 Å². The van der Waals surface area contributed by atoms with Gasteiger partial charge in [0.15, 0.2) is 0 Å². The van der Waals surface area contributed by atoms with Gasteiger partial charge in [0.1, 0.15) is 12.4 Å². The van der Waals surface area contributed by atoms with E-state index in [9.17, 15) is 9.59 Å². The first kappa shape index (κ1) is 10.7. The lowest BCUT2D eigenvalue weighted by atomic mass is 9.70. The molecule has 3 atom stereocenters. The Labute approximate surface area is 90.2 Å². The van der Waals surface area contributed by atoms with E-state index in [4.69, 9.17) is 4.74 Å². The average molecular weight is 210 g/mol. The SMILES string of the molecule is CC1(C)[C@@H]2CC[C@]1(C)C(=O)[C@@H]2COC=O. The zero-order valence-electron chi connectivity index (χ0n) is 9.58. The minimum atomic E-state index is -0.200. The van der Waals surface area contributed by atoms with Crippen LogP contribution in [-0.4, -0.2) is 18.9 Å². The zero-order chi connectivity index (χ0) is 11.3. The Hall–Kier alpha value is -0.860. The summed E-state index contributed by atoms with van der Waals surface area (Å²) in [5.41, 5.74) is -0.143. The van der Waals surface area contributed by atoms with Crippen molar-refractivity contribution in [3.05, 3.63) is 0 Å². The normalized spacial score (nSPS) is 41.9. The first-order valence-corrected chi connectivity index (χ1v) is 5.54. The Bertz CT molecular complexity index is 308. The molecule has 0 aromatic rings. The molecule has 0 unspecified atom stereocenters. The molecule has 2 aliphatic carbocycles. The smallest absolute Gasteiger partial charge is 0.293 e. The maximum atomic E-state index is 12.2. The van der Waals surface area contributed by atoms with Crippen molar-refractivity contribution >= 4 is 12.3 Å². The molecule has 2 fully saturated rings. The van der Waals surface area contributed by atoms with Gasteiger partial charge in [0.05, 0.1) is 5.92 Å². The lowest BCUT2D eigenvalue weighted by Crippen LogP contribution is -2.34. The number of fused-ring (bicyclic) bond motifs is 2. The Morgan fingerprint density at radius 3 is 2.60 bits per heavy atom. The highest BCUT2D eigenvalue weighted by Crippen LogP contribution is 2.65. The molecule has 0 radical (unpaired) electrons. The van der Waals surface area contributed by atoms with Crippen molar-refractivity contribution in [3.63, 3.8) is 0 Å². The quantitative estimate of drug-likeness (QED) is 0.667. The van der Waals surface area contributed by atoms with Crippen molar-refractivity contribution < 1.29 is 14.3 Å². The molecule has 84 valence electrons. The molecule has 0 aromatic carbocycles. The minimum Gasteiger partial charge on any atom is -0.467 e. The van der Waals surface area contributed by atoms with Crippen LogP contribution in [0.4, 0.5) is 0 Å². The summed E-state index contributed by atoms with van der Waals surface area (Å²) in [4.78, 5) is 22.4. The molecule has 2 saturated carbocycles. The van der Waals surface area contributed by atoms with E-state index in [1.54, 1.807) is 0 Å². The number of carbonyl (C=O) groups is 2. The van der Waals surface area contributed by atoms with Crippen molar-refractivity contribution in [2.45, 2.75) is 33.6 Å². The lowest BCUT2D eigenvalue weighted by Gasteiger charge is -2.32. The fourth-order valence-electron chi connectivity index (χ4n) is 3.61. The van der Waals surface area contributed by atoms with Crippen molar-refractivity contribution in [1.82, 2.24) is 0 Å². The van der Waals surface area contributed by atoms with Crippen LogP contribution in [0, 0.1) is 22.7 Å². The minimum absolute atomic E-state index is 0.0565. The van der Waals surface area contributed by atoms with Gasteiger partial charge in [0, 0.05) is 5.41 Å². The van der Waals surface area contributed by atoms with Crippen LogP contribution in [0.25, 0.3) is 0 Å². The third-order valence-electron chi connectivity index (χ3n) is 5.01. The highest BCUT2D eigenvalue weighted by Gasteiger charge is 2.66. The molecular formula is C12H18O3. The number of ether oxygens (including phenoxy) is 1. The monoisotopic (exact) mass is 210 g/mol. The Morgan fingerprint density at radius 1 is 1.47 bits per heavy atom. The van der Waals surface area contributed by atoms with Crippen LogP contribution in [0.5, 0.6) is 0 Å². The van der Waals surface area contributed by atoms with E-state index in [0.29, 0.717) is 18.2 Å². The predicted octanol–water partition coefficient (Wildman–Crippen LogP) is 1.80. The average Bonchev–Trinajstić information content (AvgIpc) is 2.48. The molecule has 3 heteroatoms. The highest BCUT2D eigenvalue weighted by atomic mass is 16.5. The van der Waals surface area contributed by atoms with E-state index in [2.05, 4.69) is 20.8 Å². The van der Waals surface area contributed by atoms with E-state index in [1.165, 1.54) is 0 Å². The fourth-order valence-corrected chi connectivity index (χ4v) is 3.61. The number of ketones is 1. The topological polar surface area (TPSA) is 43.4 Å². The molecule has 0 N–H and O–H groups in total. The number of Topliss-reactive ketones (excluding diaryl/α,β-unsaturated/α-hetero) is 1. The number of carbonyl (C=O) groups excluding carboxylic acids is 2. The second-order valence-corrected chi connectivity index (χ2v) is 5.60. The summed E-state index contributed by atoms with van der Waals surface area (Å²) >= 11 is 0. The molecule has 0 aromatic heterocycles. The summed E-state index contributed by atoms with van der Waals surface area (Å²) in [5, 5.41) is 0. The number of hydrogen-bond acceptors (Lipinski definition) is 3. The van der Waals surface area contributed by atoms with E-state index >= 15 is 0 Å². The number of rotatable bonds is 3. The van der Waals surface area contributed by atoms with Gasteiger partial charge in [-0.15, -0.1) is 0 Å². The van der Waals surface area contributed by atoms with E-state index in [1.807, 2.05) is 0 Å². The van der Waals surface area contributed by atoms with Crippen LogP contribution < -0.4 is 0 Å². The van der Waals surface area contributed by atoms with Gasteiger partial charge in [-0.2, -0.15) is 0 Å². The maximum Gasteiger partial charge on any atom is 0.293 e. The Morgan fingerprint density at radius 2 is 2.13 bits per heavy atom. The highest BCUT2D eigenvalue weighted by molar-refractivity contribution is 5.91. The molecule has 0 spiro atoms. The summed E-state index contributed by atoms with van der Waals surface area (Å²) in [5.74, 6) is 0.615. The molecule has 2 aliphatic rings.